The Morgan fingerprint density at radius 2 is 1.97 bits per heavy atom. The predicted octanol–water partition coefficient (Wildman–Crippen LogP) is 3.52. The molecule has 1 aromatic heterocycles. The molecule has 7 nitrogen and oxygen atoms in total. The number of nitrogens with zero attached hydrogens (tertiary/aromatic N) is 4. The van der Waals surface area contributed by atoms with E-state index in [4.69, 9.17) is 14.8 Å². The molecule has 1 saturated carbocycles. The summed E-state index contributed by atoms with van der Waals surface area (Å²) >= 11 is 0. The molecule has 1 unspecified atom stereocenters. The summed E-state index contributed by atoms with van der Waals surface area (Å²) in [5.41, 5.74) is -0.696. The summed E-state index contributed by atoms with van der Waals surface area (Å²) in [6.07, 6.45) is 4.03. The topological polar surface area (TPSA) is 78.8 Å². The molecule has 0 amide bonds. The molecule has 166 valence electrons. The number of hydrogen-bond donors (Lipinski definition) is 1. The maximum Gasteiger partial charge on any atom is 0.329 e. The molecule has 1 saturated heterocycles. The average molecular weight is 432 g/mol. The first-order valence-corrected chi connectivity index (χ1v) is 10.5. The van der Waals surface area contributed by atoms with E-state index in [0.29, 0.717) is 31.1 Å². The van der Waals surface area contributed by atoms with Crippen molar-refractivity contribution < 1.29 is 23.4 Å². The summed E-state index contributed by atoms with van der Waals surface area (Å²) in [6, 6.07) is 9.30. The van der Waals surface area contributed by atoms with Gasteiger partial charge in [-0.15, -0.1) is 0 Å². The standard InChI is InChI=1S/C22H26F2N4O3/c23-17-6-7-18(17)28(16-4-2-1-3-5-16)20-13-25-12-19(26-20)27-10-8-22(24,9-11-27)15-31-14-21(29)30/h1-5,12-13,17-18H,6-11,14-15H2,(H,29,30)/t17-,18?/m0/s1. The Balaban J connectivity index is 1.47. The Labute approximate surface area is 179 Å². The quantitative estimate of drug-likeness (QED) is 0.684. The van der Waals surface area contributed by atoms with Crippen LogP contribution in [0.3, 0.4) is 0 Å². The van der Waals surface area contributed by atoms with Crippen LogP contribution in [0.4, 0.5) is 26.1 Å². The number of ether oxygens (including phenoxy) is 1. The van der Waals surface area contributed by atoms with Crippen LogP contribution in [0.2, 0.25) is 0 Å². The van der Waals surface area contributed by atoms with Gasteiger partial charge in [0.05, 0.1) is 25.0 Å². The van der Waals surface area contributed by atoms with E-state index >= 15 is 0 Å². The molecule has 1 aromatic carbocycles. The van der Waals surface area contributed by atoms with Crippen molar-refractivity contribution in [3.8, 4) is 0 Å². The Morgan fingerprint density at radius 1 is 1.23 bits per heavy atom. The van der Waals surface area contributed by atoms with Crippen molar-refractivity contribution in [3.05, 3.63) is 42.7 Å². The molecule has 2 fully saturated rings. The lowest BCUT2D eigenvalue weighted by Crippen LogP contribution is -2.47. The number of para-hydroxylation sites is 1. The molecule has 0 bridgehead atoms. The Kier molecular flexibility index (Phi) is 6.31. The SMILES string of the molecule is O=C(O)COCC1(F)CCN(c2cncc(N(c3ccccc3)C3CC[C@@H]3F)n2)CC1. The molecule has 2 aliphatic rings. The molecule has 31 heavy (non-hydrogen) atoms. The van der Waals surface area contributed by atoms with E-state index < -0.39 is 24.4 Å². The van der Waals surface area contributed by atoms with Gasteiger partial charge < -0.3 is 19.6 Å². The molecule has 2 atom stereocenters. The molecule has 1 N–H and O–H groups in total. The van der Waals surface area contributed by atoms with Crippen LogP contribution in [-0.2, 0) is 9.53 Å². The van der Waals surface area contributed by atoms with Crippen LogP contribution >= 0.6 is 0 Å². The molecule has 2 heterocycles. The fourth-order valence-corrected chi connectivity index (χ4v) is 4.03. The van der Waals surface area contributed by atoms with Crippen molar-refractivity contribution >= 4 is 23.3 Å². The van der Waals surface area contributed by atoms with E-state index in [1.54, 1.807) is 12.4 Å². The molecular formula is C22H26F2N4O3. The first-order valence-electron chi connectivity index (χ1n) is 10.5. The maximum atomic E-state index is 14.9. The third kappa shape index (κ3) is 4.92. The second-order valence-corrected chi connectivity index (χ2v) is 8.13. The lowest BCUT2D eigenvalue weighted by molar-refractivity contribution is -0.144. The summed E-state index contributed by atoms with van der Waals surface area (Å²) in [5.74, 6) is 0.0673. The normalized spacial score (nSPS) is 22.6. The first-order chi connectivity index (χ1) is 15.0. The lowest BCUT2D eigenvalue weighted by Gasteiger charge is -2.41. The molecule has 1 aliphatic heterocycles. The van der Waals surface area contributed by atoms with Gasteiger partial charge in [0, 0.05) is 31.6 Å². The van der Waals surface area contributed by atoms with Gasteiger partial charge in [-0.25, -0.2) is 18.6 Å². The summed E-state index contributed by atoms with van der Waals surface area (Å²) in [5, 5.41) is 8.65. The summed E-state index contributed by atoms with van der Waals surface area (Å²) < 4.78 is 34.2. The second-order valence-electron chi connectivity index (χ2n) is 8.13. The van der Waals surface area contributed by atoms with Crippen LogP contribution in [0.1, 0.15) is 25.7 Å². The van der Waals surface area contributed by atoms with Crippen molar-refractivity contribution in [2.75, 3.05) is 36.1 Å². The number of piperidine rings is 1. The van der Waals surface area contributed by atoms with Crippen LogP contribution in [0, 0.1) is 0 Å². The number of carbonyl (C=O) groups is 1. The Bertz CT molecular complexity index is 893. The van der Waals surface area contributed by atoms with Gasteiger partial charge in [0.25, 0.3) is 0 Å². The minimum atomic E-state index is -1.56. The molecule has 0 spiro atoms. The minimum Gasteiger partial charge on any atom is -0.480 e. The third-order valence-electron chi connectivity index (χ3n) is 5.95. The number of carboxylic acids is 1. The van der Waals surface area contributed by atoms with Crippen LogP contribution in [0.5, 0.6) is 0 Å². The van der Waals surface area contributed by atoms with Gasteiger partial charge in [0.15, 0.2) is 5.82 Å². The first kappa shape index (κ1) is 21.4. The minimum absolute atomic E-state index is 0.204. The zero-order valence-electron chi connectivity index (χ0n) is 17.2. The molecule has 9 heteroatoms. The summed E-state index contributed by atoms with van der Waals surface area (Å²) in [4.78, 5) is 23.5. The van der Waals surface area contributed by atoms with Gasteiger partial charge in [-0.1, -0.05) is 18.2 Å². The second kappa shape index (κ2) is 9.13. The summed E-state index contributed by atoms with van der Waals surface area (Å²) in [6.45, 7) is 0.0757. The number of carboxylic acid groups (broad SMARTS) is 1. The smallest absolute Gasteiger partial charge is 0.329 e. The molecule has 2 aromatic rings. The van der Waals surface area contributed by atoms with Crippen molar-refractivity contribution in [2.24, 2.45) is 0 Å². The highest BCUT2D eigenvalue weighted by molar-refractivity contribution is 5.68. The van der Waals surface area contributed by atoms with Crippen molar-refractivity contribution in [3.63, 3.8) is 0 Å². The van der Waals surface area contributed by atoms with Crippen LogP contribution in [0.15, 0.2) is 42.7 Å². The maximum absolute atomic E-state index is 14.9. The molecule has 1 aliphatic carbocycles. The van der Waals surface area contributed by atoms with Crippen LogP contribution < -0.4 is 9.80 Å². The fourth-order valence-electron chi connectivity index (χ4n) is 4.03. The van der Waals surface area contributed by atoms with E-state index in [0.717, 1.165) is 12.1 Å². The fraction of sp³-hybridized carbons (Fsp3) is 0.500. The number of anilines is 3. The monoisotopic (exact) mass is 432 g/mol. The van der Waals surface area contributed by atoms with Gasteiger partial charge >= 0.3 is 5.97 Å². The van der Waals surface area contributed by atoms with Gasteiger partial charge in [-0.05, 0) is 25.0 Å². The van der Waals surface area contributed by atoms with Crippen molar-refractivity contribution in [1.82, 2.24) is 9.97 Å². The van der Waals surface area contributed by atoms with Gasteiger partial charge in [0.1, 0.15) is 24.3 Å². The number of hydrogen-bond acceptors (Lipinski definition) is 6. The van der Waals surface area contributed by atoms with Crippen LogP contribution in [-0.4, -0.2) is 65.2 Å². The summed E-state index contributed by atoms with van der Waals surface area (Å²) in [7, 11) is 0. The zero-order valence-corrected chi connectivity index (χ0v) is 17.2. The van der Waals surface area contributed by atoms with E-state index in [1.165, 1.54) is 0 Å². The highest BCUT2D eigenvalue weighted by atomic mass is 19.1. The van der Waals surface area contributed by atoms with E-state index in [2.05, 4.69) is 4.98 Å². The third-order valence-corrected chi connectivity index (χ3v) is 5.95. The average Bonchev–Trinajstić information content (AvgIpc) is 2.77. The number of rotatable bonds is 8. The Morgan fingerprint density at radius 3 is 2.58 bits per heavy atom. The largest absolute Gasteiger partial charge is 0.480 e. The van der Waals surface area contributed by atoms with E-state index in [9.17, 15) is 13.6 Å². The number of halogens is 2. The van der Waals surface area contributed by atoms with Gasteiger partial charge in [-0.2, -0.15) is 0 Å². The van der Waals surface area contributed by atoms with Crippen molar-refractivity contribution in [1.29, 1.82) is 0 Å². The number of alkyl halides is 2. The number of benzene rings is 1. The highest BCUT2D eigenvalue weighted by Gasteiger charge is 2.38. The molecule has 0 radical (unpaired) electrons. The number of aromatic nitrogens is 2. The van der Waals surface area contributed by atoms with E-state index in [1.807, 2.05) is 40.1 Å². The highest BCUT2D eigenvalue weighted by Crippen LogP contribution is 2.37. The Hall–Kier alpha value is -2.81. The van der Waals surface area contributed by atoms with Gasteiger partial charge in [-0.3, -0.25) is 4.98 Å². The van der Waals surface area contributed by atoms with Gasteiger partial charge in [0.2, 0.25) is 0 Å². The van der Waals surface area contributed by atoms with E-state index in [-0.39, 0.29) is 25.5 Å². The van der Waals surface area contributed by atoms with Crippen LogP contribution in [0.25, 0.3) is 0 Å². The lowest BCUT2D eigenvalue weighted by atomic mass is 9.88. The molecular weight excluding hydrogens is 406 g/mol. The van der Waals surface area contributed by atoms with Crippen molar-refractivity contribution in [2.45, 2.75) is 43.6 Å². The zero-order chi connectivity index (χ0) is 21.8. The molecule has 4 rings (SSSR count). The number of aliphatic carboxylic acids is 1. The predicted molar refractivity (Wildman–Crippen MR) is 112 cm³/mol.